The molecule has 1 aromatic rings. The van der Waals surface area contributed by atoms with Gasteiger partial charge in [0, 0.05) is 19.8 Å². The van der Waals surface area contributed by atoms with E-state index in [2.05, 4.69) is 10.6 Å². The molecule has 0 aliphatic carbocycles. The summed E-state index contributed by atoms with van der Waals surface area (Å²) < 4.78 is 0. The van der Waals surface area contributed by atoms with Gasteiger partial charge >= 0.3 is 0 Å². The van der Waals surface area contributed by atoms with E-state index >= 15 is 0 Å². The number of carbonyl (C=O) groups excluding carboxylic acids is 2. The van der Waals surface area contributed by atoms with Crippen LogP contribution in [0.4, 0.5) is 5.69 Å². The fourth-order valence-corrected chi connectivity index (χ4v) is 1.80. The molecule has 110 valence electrons. The van der Waals surface area contributed by atoms with Crippen molar-refractivity contribution in [1.29, 1.82) is 0 Å². The number of anilines is 1. The Hall–Kier alpha value is -1.88. The molecule has 2 amide bonds. The van der Waals surface area contributed by atoms with Crippen LogP contribution in [0.3, 0.4) is 0 Å². The molecule has 0 spiro atoms. The lowest BCUT2D eigenvalue weighted by atomic mass is 10.2. The lowest BCUT2D eigenvalue weighted by Gasteiger charge is -2.21. The van der Waals surface area contributed by atoms with Gasteiger partial charge in [0.2, 0.25) is 11.8 Å². The predicted octanol–water partition coefficient (Wildman–Crippen LogP) is 1.39. The van der Waals surface area contributed by atoms with Gasteiger partial charge in [-0.15, -0.1) is 0 Å². The maximum atomic E-state index is 12.0. The van der Waals surface area contributed by atoms with Gasteiger partial charge in [0.15, 0.2) is 0 Å². The van der Waals surface area contributed by atoms with Gasteiger partial charge in [-0.3, -0.25) is 14.9 Å². The highest BCUT2D eigenvalue weighted by Crippen LogP contribution is 2.09. The minimum Gasteiger partial charge on any atom is -0.347 e. The van der Waals surface area contributed by atoms with Crippen molar-refractivity contribution in [3.8, 4) is 0 Å². The summed E-state index contributed by atoms with van der Waals surface area (Å²) in [7, 11) is 3.38. The van der Waals surface area contributed by atoms with Crippen molar-refractivity contribution in [3.63, 3.8) is 0 Å². The minimum atomic E-state index is -0.449. The Morgan fingerprint density at radius 1 is 1.05 bits per heavy atom. The van der Waals surface area contributed by atoms with Gasteiger partial charge in [-0.25, -0.2) is 0 Å². The van der Waals surface area contributed by atoms with E-state index in [1.165, 1.54) is 4.90 Å². The summed E-state index contributed by atoms with van der Waals surface area (Å²) in [5, 5.41) is 5.81. The number of nitrogens with one attached hydrogen (secondary N) is 2. The maximum Gasteiger partial charge on any atom is 0.241 e. The molecule has 2 N–H and O–H groups in total. The molecule has 0 radical (unpaired) electrons. The third kappa shape index (κ3) is 4.66. The Morgan fingerprint density at radius 2 is 1.60 bits per heavy atom. The van der Waals surface area contributed by atoms with E-state index in [1.54, 1.807) is 27.9 Å². The number of amides is 2. The molecule has 20 heavy (non-hydrogen) atoms. The van der Waals surface area contributed by atoms with Crippen molar-refractivity contribution < 1.29 is 9.59 Å². The monoisotopic (exact) mass is 277 g/mol. The molecule has 2 atom stereocenters. The molecule has 0 saturated carbocycles. The molecule has 1 aromatic carbocycles. The molecular formula is C15H23N3O2. The molecule has 5 heteroatoms. The highest BCUT2D eigenvalue weighted by Gasteiger charge is 2.20. The van der Waals surface area contributed by atoms with Gasteiger partial charge < -0.3 is 10.2 Å². The van der Waals surface area contributed by atoms with Crippen LogP contribution in [0.2, 0.25) is 0 Å². The van der Waals surface area contributed by atoms with E-state index in [-0.39, 0.29) is 11.8 Å². The van der Waals surface area contributed by atoms with Gasteiger partial charge in [0.1, 0.15) is 0 Å². The highest BCUT2D eigenvalue weighted by molar-refractivity contribution is 5.95. The second-order valence-electron chi connectivity index (χ2n) is 5.20. The molecule has 0 fully saturated rings. The predicted molar refractivity (Wildman–Crippen MR) is 80.6 cm³/mol. The molecule has 2 unspecified atom stereocenters. The van der Waals surface area contributed by atoms with Gasteiger partial charge in [-0.2, -0.15) is 0 Å². The molecule has 5 nitrogen and oxygen atoms in total. The number of aryl methyl sites for hydroxylation is 1. The standard InChI is InChI=1S/C15H23N3O2/c1-10-6-8-13(9-7-10)17-14(19)11(2)16-12(3)15(20)18(4)5/h6-9,11-12,16H,1-5H3,(H,17,19). The fraction of sp³-hybridized carbons (Fsp3) is 0.467. The summed E-state index contributed by atoms with van der Waals surface area (Å²) in [6.45, 7) is 5.48. The molecule has 0 aromatic heterocycles. The van der Waals surface area contributed by atoms with Crippen LogP contribution in [0.1, 0.15) is 19.4 Å². The number of likely N-dealkylation sites (N-methyl/N-ethyl adjacent to an activating group) is 1. The molecule has 0 bridgehead atoms. The van der Waals surface area contributed by atoms with Gasteiger partial charge in [-0.1, -0.05) is 17.7 Å². The number of rotatable bonds is 5. The smallest absolute Gasteiger partial charge is 0.241 e. The van der Waals surface area contributed by atoms with Gasteiger partial charge in [0.05, 0.1) is 12.1 Å². The van der Waals surface area contributed by atoms with Crippen molar-refractivity contribution in [2.24, 2.45) is 0 Å². The third-order valence-corrected chi connectivity index (χ3v) is 3.02. The van der Waals surface area contributed by atoms with Crippen LogP contribution in [0.15, 0.2) is 24.3 Å². The highest BCUT2D eigenvalue weighted by atomic mass is 16.2. The topological polar surface area (TPSA) is 61.4 Å². The minimum absolute atomic E-state index is 0.0556. The van der Waals surface area contributed by atoms with Gasteiger partial charge in [0.25, 0.3) is 0 Å². The van der Waals surface area contributed by atoms with E-state index < -0.39 is 12.1 Å². The summed E-state index contributed by atoms with van der Waals surface area (Å²) >= 11 is 0. The maximum absolute atomic E-state index is 12.0. The Labute approximate surface area is 120 Å². The van der Waals surface area contributed by atoms with Crippen LogP contribution in [0.25, 0.3) is 0 Å². The summed E-state index contributed by atoms with van der Waals surface area (Å²) in [5.41, 5.74) is 1.89. The van der Waals surface area contributed by atoms with E-state index in [9.17, 15) is 9.59 Å². The third-order valence-electron chi connectivity index (χ3n) is 3.02. The normalized spacial score (nSPS) is 13.4. The molecule has 1 rings (SSSR count). The zero-order valence-corrected chi connectivity index (χ0v) is 12.7. The molecule has 0 aliphatic heterocycles. The Balaban J connectivity index is 2.55. The number of hydrogen-bond donors (Lipinski definition) is 2. The van der Waals surface area contributed by atoms with Crippen LogP contribution in [0.5, 0.6) is 0 Å². The number of benzene rings is 1. The Kier molecular flexibility index (Phi) is 5.70. The summed E-state index contributed by atoms with van der Waals surface area (Å²) in [5.74, 6) is -0.216. The van der Waals surface area contributed by atoms with Crippen LogP contribution >= 0.6 is 0 Å². The van der Waals surface area contributed by atoms with Crippen LogP contribution < -0.4 is 10.6 Å². The largest absolute Gasteiger partial charge is 0.347 e. The van der Waals surface area contributed by atoms with E-state index in [4.69, 9.17) is 0 Å². The number of nitrogens with zero attached hydrogens (tertiary/aromatic N) is 1. The first-order chi connectivity index (χ1) is 9.31. The zero-order chi connectivity index (χ0) is 15.3. The Bertz CT molecular complexity index is 469. The van der Waals surface area contributed by atoms with E-state index in [0.717, 1.165) is 11.3 Å². The fourth-order valence-electron chi connectivity index (χ4n) is 1.80. The van der Waals surface area contributed by atoms with Crippen molar-refractivity contribution >= 4 is 17.5 Å². The zero-order valence-electron chi connectivity index (χ0n) is 12.7. The van der Waals surface area contributed by atoms with Crippen molar-refractivity contribution in [2.75, 3.05) is 19.4 Å². The summed E-state index contributed by atoms with van der Waals surface area (Å²) in [6.07, 6.45) is 0. The summed E-state index contributed by atoms with van der Waals surface area (Å²) in [4.78, 5) is 25.3. The first kappa shape index (κ1) is 16.2. The van der Waals surface area contributed by atoms with Crippen LogP contribution in [-0.2, 0) is 9.59 Å². The SMILES string of the molecule is Cc1ccc(NC(=O)C(C)NC(C)C(=O)N(C)C)cc1. The van der Waals surface area contributed by atoms with Crippen LogP contribution in [-0.4, -0.2) is 42.9 Å². The second kappa shape index (κ2) is 7.05. The average molecular weight is 277 g/mol. The van der Waals surface area contributed by atoms with Crippen molar-refractivity contribution in [2.45, 2.75) is 32.9 Å². The summed E-state index contributed by atoms with van der Waals surface area (Å²) in [6, 6.07) is 6.74. The molecule has 0 aliphatic rings. The first-order valence-electron chi connectivity index (χ1n) is 6.66. The van der Waals surface area contributed by atoms with Gasteiger partial charge in [-0.05, 0) is 32.9 Å². The second-order valence-corrected chi connectivity index (χ2v) is 5.20. The first-order valence-corrected chi connectivity index (χ1v) is 6.66. The van der Waals surface area contributed by atoms with Crippen molar-refractivity contribution in [1.82, 2.24) is 10.2 Å². The molecular weight excluding hydrogens is 254 g/mol. The average Bonchev–Trinajstić information content (AvgIpc) is 2.40. The molecule has 0 saturated heterocycles. The Morgan fingerprint density at radius 3 is 2.10 bits per heavy atom. The van der Waals surface area contributed by atoms with E-state index in [0.29, 0.717) is 0 Å². The lowest BCUT2D eigenvalue weighted by Crippen LogP contribution is -2.49. The van der Waals surface area contributed by atoms with Crippen molar-refractivity contribution in [3.05, 3.63) is 29.8 Å². The lowest BCUT2D eigenvalue weighted by molar-refractivity contribution is -0.130. The molecule has 0 heterocycles. The van der Waals surface area contributed by atoms with E-state index in [1.807, 2.05) is 31.2 Å². The number of hydrogen-bond acceptors (Lipinski definition) is 3. The quantitative estimate of drug-likeness (QED) is 0.855. The number of carbonyl (C=O) groups is 2. The van der Waals surface area contributed by atoms with Crippen LogP contribution in [0, 0.1) is 6.92 Å².